The van der Waals surface area contributed by atoms with Gasteiger partial charge in [0.25, 0.3) is 0 Å². The molecule has 0 aliphatic carbocycles. The van der Waals surface area contributed by atoms with Gasteiger partial charge in [-0.1, -0.05) is 12.1 Å². The molecule has 1 aliphatic rings. The fourth-order valence-electron chi connectivity index (χ4n) is 3.51. The zero-order valence-electron chi connectivity index (χ0n) is 15.6. The van der Waals surface area contributed by atoms with Crippen molar-refractivity contribution in [2.75, 3.05) is 26.1 Å². The second-order valence-corrected chi connectivity index (χ2v) is 6.62. The Kier molecular flexibility index (Phi) is 4.07. The van der Waals surface area contributed by atoms with Crippen molar-refractivity contribution in [2.45, 2.75) is 20.3 Å². The van der Waals surface area contributed by atoms with Crippen LogP contribution >= 0.6 is 0 Å². The minimum atomic E-state index is 0.793. The topological polar surface area (TPSA) is 48.3 Å². The SMILES string of the molecule is COc1ccc(OC)c(-c2nn(-c3cc(C)ccc3C)c3c2CCN3)c1. The van der Waals surface area contributed by atoms with Gasteiger partial charge in [0.05, 0.1) is 19.9 Å². The van der Waals surface area contributed by atoms with E-state index in [1.807, 2.05) is 22.9 Å². The Balaban J connectivity index is 1.94. The predicted molar refractivity (Wildman–Crippen MR) is 104 cm³/mol. The van der Waals surface area contributed by atoms with Crippen molar-refractivity contribution >= 4 is 5.82 Å². The second kappa shape index (κ2) is 6.41. The molecule has 0 bridgehead atoms. The van der Waals surface area contributed by atoms with Crippen LogP contribution in [0.2, 0.25) is 0 Å². The molecule has 26 heavy (non-hydrogen) atoms. The first-order valence-corrected chi connectivity index (χ1v) is 8.78. The molecule has 2 heterocycles. The van der Waals surface area contributed by atoms with Gasteiger partial charge in [0.2, 0.25) is 0 Å². The van der Waals surface area contributed by atoms with Crippen LogP contribution in [0.3, 0.4) is 0 Å². The highest BCUT2D eigenvalue weighted by molar-refractivity contribution is 5.78. The summed E-state index contributed by atoms with van der Waals surface area (Å²) in [6, 6.07) is 12.3. The van der Waals surface area contributed by atoms with Crippen LogP contribution in [0.15, 0.2) is 36.4 Å². The summed E-state index contributed by atoms with van der Waals surface area (Å²) in [4.78, 5) is 0. The molecule has 134 valence electrons. The third-order valence-corrected chi connectivity index (χ3v) is 4.91. The first-order chi connectivity index (χ1) is 12.6. The van der Waals surface area contributed by atoms with E-state index in [-0.39, 0.29) is 0 Å². The molecule has 1 aliphatic heterocycles. The van der Waals surface area contributed by atoms with Crippen molar-refractivity contribution < 1.29 is 9.47 Å². The first kappa shape index (κ1) is 16.5. The van der Waals surface area contributed by atoms with Crippen molar-refractivity contribution in [1.82, 2.24) is 9.78 Å². The van der Waals surface area contributed by atoms with Crippen LogP contribution in [-0.4, -0.2) is 30.5 Å². The minimum absolute atomic E-state index is 0.793. The molecule has 0 radical (unpaired) electrons. The third kappa shape index (κ3) is 2.60. The second-order valence-electron chi connectivity index (χ2n) is 6.62. The molecule has 0 saturated carbocycles. The summed E-state index contributed by atoms with van der Waals surface area (Å²) in [6.45, 7) is 5.13. The van der Waals surface area contributed by atoms with Gasteiger partial charge in [-0.3, -0.25) is 0 Å². The molecule has 4 rings (SSSR count). The summed E-state index contributed by atoms with van der Waals surface area (Å²) in [5.74, 6) is 2.66. The van der Waals surface area contributed by atoms with Gasteiger partial charge in [-0.05, 0) is 55.7 Å². The summed E-state index contributed by atoms with van der Waals surface area (Å²) >= 11 is 0. The number of aromatic nitrogens is 2. The van der Waals surface area contributed by atoms with Crippen LogP contribution in [0.5, 0.6) is 11.5 Å². The fraction of sp³-hybridized carbons (Fsp3) is 0.286. The van der Waals surface area contributed by atoms with E-state index in [4.69, 9.17) is 14.6 Å². The zero-order chi connectivity index (χ0) is 18.3. The standard InChI is InChI=1S/C21H23N3O2/c1-13-5-6-14(2)18(11-13)24-21-16(9-10-22-21)20(23-24)17-12-15(25-3)7-8-19(17)26-4/h5-8,11-12,22H,9-10H2,1-4H3. The van der Waals surface area contributed by atoms with E-state index in [2.05, 4.69) is 37.4 Å². The van der Waals surface area contributed by atoms with E-state index in [1.165, 1.54) is 16.7 Å². The molecule has 3 aromatic rings. The molecule has 0 spiro atoms. The monoisotopic (exact) mass is 349 g/mol. The summed E-state index contributed by atoms with van der Waals surface area (Å²) < 4.78 is 13.0. The summed E-state index contributed by atoms with van der Waals surface area (Å²) in [7, 11) is 3.36. The Morgan fingerprint density at radius 1 is 1.04 bits per heavy atom. The molecule has 0 atom stereocenters. The largest absolute Gasteiger partial charge is 0.497 e. The maximum atomic E-state index is 5.59. The number of methoxy groups -OCH3 is 2. The van der Waals surface area contributed by atoms with Crippen molar-refractivity contribution in [1.29, 1.82) is 0 Å². The number of anilines is 1. The van der Waals surface area contributed by atoms with Crippen LogP contribution in [-0.2, 0) is 6.42 Å². The molecule has 5 heteroatoms. The van der Waals surface area contributed by atoms with E-state index in [0.717, 1.165) is 47.2 Å². The van der Waals surface area contributed by atoms with Gasteiger partial charge in [0, 0.05) is 17.7 Å². The number of nitrogens with zero attached hydrogens (tertiary/aromatic N) is 2. The van der Waals surface area contributed by atoms with E-state index < -0.39 is 0 Å². The lowest BCUT2D eigenvalue weighted by Crippen LogP contribution is -2.06. The van der Waals surface area contributed by atoms with Crippen LogP contribution in [0.4, 0.5) is 5.82 Å². The van der Waals surface area contributed by atoms with Gasteiger partial charge in [-0.2, -0.15) is 5.10 Å². The van der Waals surface area contributed by atoms with E-state index in [0.29, 0.717) is 0 Å². The van der Waals surface area contributed by atoms with Crippen molar-refractivity contribution in [3.8, 4) is 28.4 Å². The Morgan fingerprint density at radius 2 is 1.88 bits per heavy atom. The Labute approximate surface area is 153 Å². The highest BCUT2D eigenvalue weighted by atomic mass is 16.5. The first-order valence-electron chi connectivity index (χ1n) is 8.78. The van der Waals surface area contributed by atoms with Crippen LogP contribution in [0.1, 0.15) is 16.7 Å². The number of hydrogen-bond donors (Lipinski definition) is 1. The van der Waals surface area contributed by atoms with Crippen molar-refractivity contribution in [3.05, 3.63) is 53.1 Å². The zero-order valence-corrected chi connectivity index (χ0v) is 15.6. The number of rotatable bonds is 4. The Bertz CT molecular complexity index is 976. The molecular formula is C21H23N3O2. The molecule has 2 aromatic carbocycles. The van der Waals surface area contributed by atoms with Crippen LogP contribution < -0.4 is 14.8 Å². The molecule has 0 unspecified atom stereocenters. The molecule has 1 N–H and O–H groups in total. The number of nitrogens with one attached hydrogen (secondary N) is 1. The lowest BCUT2D eigenvalue weighted by Gasteiger charge is -2.11. The van der Waals surface area contributed by atoms with Gasteiger partial charge in [0.1, 0.15) is 23.0 Å². The van der Waals surface area contributed by atoms with Gasteiger partial charge in [-0.15, -0.1) is 0 Å². The van der Waals surface area contributed by atoms with E-state index >= 15 is 0 Å². The molecule has 0 saturated heterocycles. The molecule has 5 nitrogen and oxygen atoms in total. The minimum Gasteiger partial charge on any atom is -0.497 e. The van der Waals surface area contributed by atoms with Gasteiger partial charge >= 0.3 is 0 Å². The summed E-state index contributed by atoms with van der Waals surface area (Å²) in [5.41, 5.74) is 6.63. The Hall–Kier alpha value is -2.95. The number of hydrogen-bond acceptors (Lipinski definition) is 4. The van der Waals surface area contributed by atoms with Gasteiger partial charge in [-0.25, -0.2) is 4.68 Å². The number of fused-ring (bicyclic) bond motifs is 1. The summed E-state index contributed by atoms with van der Waals surface area (Å²) in [6.07, 6.45) is 0.940. The molecular weight excluding hydrogens is 326 g/mol. The fourth-order valence-corrected chi connectivity index (χ4v) is 3.51. The number of aryl methyl sites for hydroxylation is 2. The van der Waals surface area contributed by atoms with Gasteiger partial charge in [0.15, 0.2) is 0 Å². The highest BCUT2D eigenvalue weighted by Gasteiger charge is 2.26. The highest BCUT2D eigenvalue weighted by Crippen LogP contribution is 2.40. The predicted octanol–water partition coefficient (Wildman–Crippen LogP) is 4.14. The Morgan fingerprint density at radius 3 is 2.65 bits per heavy atom. The molecule has 1 aromatic heterocycles. The quantitative estimate of drug-likeness (QED) is 0.769. The smallest absolute Gasteiger partial charge is 0.133 e. The van der Waals surface area contributed by atoms with E-state index in [1.54, 1.807) is 14.2 Å². The van der Waals surface area contributed by atoms with Crippen molar-refractivity contribution in [2.24, 2.45) is 0 Å². The van der Waals surface area contributed by atoms with Gasteiger partial charge < -0.3 is 14.8 Å². The maximum absolute atomic E-state index is 5.59. The van der Waals surface area contributed by atoms with Crippen molar-refractivity contribution in [3.63, 3.8) is 0 Å². The average Bonchev–Trinajstić information content (AvgIpc) is 3.26. The normalized spacial score (nSPS) is 12.6. The summed E-state index contributed by atoms with van der Waals surface area (Å²) in [5, 5.41) is 8.48. The van der Waals surface area contributed by atoms with E-state index in [9.17, 15) is 0 Å². The molecule has 0 fully saturated rings. The van der Waals surface area contributed by atoms with Crippen LogP contribution in [0.25, 0.3) is 16.9 Å². The lowest BCUT2D eigenvalue weighted by molar-refractivity contribution is 0.404. The number of benzene rings is 2. The van der Waals surface area contributed by atoms with Crippen LogP contribution in [0, 0.1) is 13.8 Å². The number of ether oxygens (including phenoxy) is 2. The molecule has 0 amide bonds. The average molecular weight is 349 g/mol. The lowest BCUT2D eigenvalue weighted by atomic mass is 10.1. The third-order valence-electron chi connectivity index (χ3n) is 4.91. The maximum Gasteiger partial charge on any atom is 0.133 e.